The van der Waals surface area contributed by atoms with Crippen LogP contribution >= 0.6 is 11.6 Å². The van der Waals surface area contributed by atoms with Gasteiger partial charge in [-0.15, -0.1) is 0 Å². The van der Waals surface area contributed by atoms with E-state index in [-0.39, 0.29) is 10.2 Å². The van der Waals surface area contributed by atoms with Crippen LogP contribution < -0.4 is 4.72 Å². The van der Waals surface area contributed by atoms with Crippen molar-refractivity contribution in [3.63, 3.8) is 0 Å². The molecule has 1 N–H and O–H groups in total. The van der Waals surface area contributed by atoms with E-state index in [4.69, 9.17) is 11.6 Å². The Morgan fingerprint density at radius 2 is 2.05 bits per heavy atom. The quantitative estimate of drug-likeness (QED) is 0.803. The topological polar surface area (TPSA) is 76.4 Å². The summed E-state index contributed by atoms with van der Waals surface area (Å²) < 4.78 is 29.0. The number of fused-ring (bicyclic) bond motifs is 1. The first kappa shape index (κ1) is 13.8. The molecule has 0 fully saturated rings. The molecule has 108 valence electrons. The maximum atomic E-state index is 12.6. The molecule has 0 aromatic carbocycles. The second kappa shape index (κ2) is 5.01. The third kappa shape index (κ3) is 2.45. The average Bonchev–Trinajstić information content (AvgIpc) is 2.77. The molecule has 0 atom stereocenters. The minimum absolute atomic E-state index is 0.0738. The largest absolute Gasteiger partial charge is 0.288 e. The van der Waals surface area contributed by atoms with Gasteiger partial charge in [-0.05, 0) is 31.2 Å². The number of aryl methyl sites for hydroxylation is 1. The van der Waals surface area contributed by atoms with Crippen LogP contribution in [0, 0.1) is 6.92 Å². The Bertz CT molecular complexity index is 921. The number of anilines is 1. The third-order valence-corrected chi connectivity index (χ3v) is 4.72. The van der Waals surface area contributed by atoms with Crippen LogP contribution in [0.25, 0.3) is 5.65 Å². The fourth-order valence-corrected chi connectivity index (χ4v) is 3.74. The number of rotatable bonds is 3. The van der Waals surface area contributed by atoms with Crippen molar-refractivity contribution in [2.24, 2.45) is 0 Å². The highest BCUT2D eigenvalue weighted by molar-refractivity contribution is 7.92. The monoisotopic (exact) mass is 322 g/mol. The van der Waals surface area contributed by atoms with Gasteiger partial charge < -0.3 is 0 Å². The van der Waals surface area contributed by atoms with Gasteiger partial charge in [-0.1, -0.05) is 17.7 Å². The van der Waals surface area contributed by atoms with Crippen LogP contribution in [0.15, 0.2) is 47.8 Å². The number of aromatic nitrogens is 3. The van der Waals surface area contributed by atoms with Crippen molar-refractivity contribution in [2.75, 3.05) is 4.72 Å². The molecule has 21 heavy (non-hydrogen) atoms. The van der Waals surface area contributed by atoms with Gasteiger partial charge in [0.2, 0.25) is 0 Å². The van der Waals surface area contributed by atoms with Crippen molar-refractivity contribution in [3.05, 3.63) is 53.6 Å². The molecule has 0 unspecified atom stereocenters. The highest BCUT2D eigenvalue weighted by Crippen LogP contribution is 2.25. The van der Waals surface area contributed by atoms with Crippen molar-refractivity contribution in [2.45, 2.75) is 11.9 Å². The van der Waals surface area contributed by atoms with Crippen LogP contribution in [-0.4, -0.2) is 22.8 Å². The first-order valence-corrected chi connectivity index (χ1v) is 7.92. The van der Waals surface area contributed by atoms with Crippen molar-refractivity contribution in [3.8, 4) is 0 Å². The Balaban J connectivity index is 2.13. The smallest absolute Gasteiger partial charge is 0.281 e. The van der Waals surface area contributed by atoms with Crippen molar-refractivity contribution < 1.29 is 8.42 Å². The summed E-state index contributed by atoms with van der Waals surface area (Å²) in [6, 6.07) is 8.44. The summed E-state index contributed by atoms with van der Waals surface area (Å²) in [6.07, 6.45) is 3.19. The molecule has 3 aromatic rings. The minimum Gasteiger partial charge on any atom is -0.288 e. The summed E-state index contributed by atoms with van der Waals surface area (Å²) in [7, 11) is -3.87. The number of hydrogen-bond donors (Lipinski definition) is 1. The van der Waals surface area contributed by atoms with Crippen LogP contribution in [-0.2, 0) is 10.0 Å². The molecule has 0 aliphatic carbocycles. The Hall–Kier alpha value is -2.12. The maximum absolute atomic E-state index is 12.6. The van der Waals surface area contributed by atoms with E-state index in [0.29, 0.717) is 17.0 Å². The molecule has 0 spiro atoms. The molecule has 0 bridgehead atoms. The van der Waals surface area contributed by atoms with Crippen molar-refractivity contribution in [1.29, 1.82) is 0 Å². The minimum atomic E-state index is -3.87. The normalized spacial score (nSPS) is 11.7. The fraction of sp³-hybridized carbons (Fsp3) is 0.0769. The standard InChI is InChI=1S/C13H11ClN4O2S/c1-9-10(5-4-7-15-9)17-21(19,20)13-12(14)16-11-6-2-3-8-18(11)13/h2-8,17H,1H3. The van der Waals surface area contributed by atoms with E-state index in [1.165, 1.54) is 4.40 Å². The van der Waals surface area contributed by atoms with Gasteiger partial charge in [0.15, 0.2) is 10.2 Å². The molecular formula is C13H11ClN4O2S. The van der Waals surface area contributed by atoms with E-state index in [9.17, 15) is 8.42 Å². The zero-order valence-corrected chi connectivity index (χ0v) is 12.6. The predicted octanol–water partition coefficient (Wildman–Crippen LogP) is 2.49. The van der Waals surface area contributed by atoms with E-state index >= 15 is 0 Å². The van der Waals surface area contributed by atoms with Crippen molar-refractivity contribution in [1.82, 2.24) is 14.4 Å². The lowest BCUT2D eigenvalue weighted by Crippen LogP contribution is -2.16. The number of halogens is 1. The first-order valence-electron chi connectivity index (χ1n) is 6.06. The Morgan fingerprint density at radius 3 is 2.81 bits per heavy atom. The molecule has 3 rings (SSSR count). The highest BCUT2D eigenvalue weighted by Gasteiger charge is 2.24. The van der Waals surface area contributed by atoms with Crippen molar-refractivity contribution >= 4 is 33.0 Å². The SMILES string of the molecule is Cc1ncccc1NS(=O)(=O)c1c(Cl)nc2ccccn12. The Labute approximate surface area is 126 Å². The summed E-state index contributed by atoms with van der Waals surface area (Å²) in [6.45, 7) is 1.72. The molecule has 0 amide bonds. The number of nitrogens with zero attached hydrogens (tertiary/aromatic N) is 3. The number of imidazole rings is 1. The lowest BCUT2D eigenvalue weighted by atomic mass is 10.3. The summed E-state index contributed by atoms with van der Waals surface area (Å²) in [5.74, 6) is 0. The number of pyridine rings is 2. The molecule has 0 aliphatic rings. The van der Waals surface area contributed by atoms with Crippen LogP contribution in [0.1, 0.15) is 5.69 Å². The number of sulfonamides is 1. The van der Waals surface area contributed by atoms with Crippen LogP contribution in [0.2, 0.25) is 5.15 Å². The van der Waals surface area contributed by atoms with Gasteiger partial charge in [-0.25, -0.2) is 4.98 Å². The lowest BCUT2D eigenvalue weighted by Gasteiger charge is -2.09. The van der Waals surface area contributed by atoms with Crippen LogP contribution in [0.3, 0.4) is 0 Å². The van der Waals surface area contributed by atoms with E-state index in [2.05, 4.69) is 14.7 Å². The highest BCUT2D eigenvalue weighted by atomic mass is 35.5. The molecular weight excluding hydrogens is 312 g/mol. The van der Waals surface area contributed by atoms with E-state index in [1.54, 1.807) is 49.6 Å². The second-order valence-corrected chi connectivity index (χ2v) is 6.33. The van der Waals surface area contributed by atoms with Gasteiger partial charge in [-0.3, -0.25) is 14.1 Å². The Kier molecular flexibility index (Phi) is 3.30. The Morgan fingerprint density at radius 1 is 1.24 bits per heavy atom. The molecule has 3 aromatic heterocycles. The van der Waals surface area contributed by atoms with Crippen LogP contribution in [0.4, 0.5) is 5.69 Å². The van der Waals surface area contributed by atoms with Gasteiger partial charge >= 0.3 is 0 Å². The molecule has 0 radical (unpaired) electrons. The van der Waals surface area contributed by atoms with E-state index < -0.39 is 10.0 Å². The van der Waals surface area contributed by atoms with E-state index in [1.807, 2.05) is 0 Å². The van der Waals surface area contributed by atoms with Gasteiger partial charge in [0, 0.05) is 12.4 Å². The lowest BCUT2D eigenvalue weighted by molar-refractivity contribution is 0.596. The number of hydrogen-bond acceptors (Lipinski definition) is 4. The van der Waals surface area contributed by atoms with Gasteiger partial charge in [0.25, 0.3) is 10.0 Å². The second-order valence-electron chi connectivity index (χ2n) is 4.38. The molecule has 6 nitrogen and oxygen atoms in total. The predicted molar refractivity (Wildman–Crippen MR) is 80.0 cm³/mol. The zero-order valence-electron chi connectivity index (χ0n) is 11.0. The van der Waals surface area contributed by atoms with Gasteiger partial charge in [0.1, 0.15) is 5.65 Å². The summed E-state index contributed by atoms with van der Waals surface area (Å²) in [4.78, 5) is 8.08. The van der Waals surface area contributed by atoms with Gasteiger partial charge in [0.05, 0.1) is 11.4 Å². The average molecular weight is 323 g/mol. The molecule has 0 saturated heterocycles. The summed E-state index contributed by atoms with van der Waals surface area (Å²) in [5.41, 5.74) is 1.44. The summed E-state index contributed by atoms with van der Waals surface area (Å²) >= 11 is 5.99. The molecule has 0 aliphatic heterocycles. The van der Waals surface area contributed by atoms with Gasteiger partial charge in [-0.2, -0.15) is 8.42 Å². The zero-order chi connectivity index (χ0) is 15.0. The molecule has 0 saturated carbocycles. The first-order chi connectivity index (χ1) is 9.99. The van der Waals surface area contributed by atoms with E-state index in [0.717, 1.165) is 0 Å². The van der Waals surface area contributed by atoms with Crippen LogP contribution in [0.5, 0.6) is 0 Å². The third-order valence-electron chi connectivity index (χ3n) is 2.95. The molecule has 3 heterocycles. The molecule has 8 heteroatoms. The fourth-order valence-electron chi connectivity index (χ4n) is 1.97. The summed E-state index contributed by atoms with van der Waals surface area (Å²) in [5, 5.41) is -0.168. The number of nitrogens with one attached hydrogen (secondary N) is 1. The maximum Gasteiger partial charge on any atom is 0.281 e.